The van der Waals surface area contributed by atoms with E-state index in [4.69, 9.17) is 16.3 Å². The highest BCUT2D eigenvalue weighted by Gasteiger charge is 2.41. The van der Waals surface area contributed by atoms with Gasteiger partial charge in [0.05, 0.1) is 24.2 Å². The third kappa shape index (κ3) is 8.50. The highest BCUT2D eigenvalue weighted by Crippen LogP contribution is 2.26. The van der Waals surface area contributed by atoms with Gasteiger partial charge in [-0.2, -0.15) is 0 Å². The van der Waals surface area contributed by atoms with Crippen molar-refractivity contribution < 1.29 is 33.8 Å². The highest BCUT2D eigenvalue weighted by molar-refractivity contribution is 7.12. The van der Waals surface area contributed by atoms with Crippen LogP contribution < -0.4 is 16.0 Å². The number of halogens is 1. The van der Waals surface area contributed by atoms with Crippen molar-refractivity contribution in [2.24, 2.45) is 5.92 Å². The number of aliphatic hydroxyl groups is 1. The standard InChI is InChI=1S/C33H42ClN5O7S/c1-19(2)15-23-30(42)36-22-10-13-46-26(28(22)41)17-38(33(45)29-21(34)11-14-47-29)18-27(40)35-24(16-20-7-4-3-5-8-20)32(44)39-12-6-9-25(39)31(43)37-23/h3-5,7-8,11,14,19,22-26,28,41H,6,9-10,12-13,15-18H2,1-2H3,(H,35,40)(H,36,42)(H,37,43)/t22-,23+,24-,25+,26+,28-/m0/s1. The molecular formula is C33H42ClN5O7S. The quantitative estimate of drug-likeness (QED) is 0.373. The van der Waals surface area contributed by atoms with Crippen LogP contribution in [0.15, 0.2) is 41.8 Å². The predicted octanol–water partition coefficient (Wildman–Crippen LogP) is 1.74. The van der Waals surface area contributed by atoms with Gasteiger partial charge in [-0.05, 0) is 48.6 Å². The average Bonchev–Trinajstić information content (AvgIpc) is 3.70. The Morgan fingerprint density at radius 3 is 2.51 bits per heavy atom. The number of nitrogens with zero attached hydrogens (tertiary/aromatic N) is 2. The van der Waals surface area contributed by atoms with Gasteiger partial charge in [-0.3, -0.25) is 24.0 Å². The van der Waals surface area contributed by atoms with Gasteiger partial charge in [0.1, 0.15) is 35.2 Å². The molecular weight excluding hydrogens is 646 g/mol. The lowest BCUT2D eigenvalue weighted by Gasteiger charge is -2.38. The van der Waals surface area contributed by atoms with Crippen LogP contribution in [0.5, 0.6) is 0 Å². The van der Waals surface area contributed by atoms with E-state index in [1.165, 1.54) is 9.80 Å². The van der Waals surface area contributed by atoms with Gasteiger partial charge >= 0.3 is 0 Å². The summed E-state index contributed by atoms with van der Waals surface area (Å²) in [5.74, 6) is -2.39. The second kappa shape index (κ2) is 15.6. The number of carbonyl (C=O) groups excluding carboxylic acids is 5. The number of amides is 5. The molecule has 4 heterocycles. The zero-order valence-corrected chi connectivity index (χ0v) is 28.1. The van der Waals surface area contributed by atoms with E-state index in [-0.39, 0.29) is 35.4 Å². The van der Waals surface area contributed by atoms with Gasteiger partial charge < -0.3 is 35.6 Å². The molecule has 2 aromatic rings. The van der Waals surface area contributed by atoms with Crippen molar-refractivity contribution in [3.8, 4) is 0 Å². The second-order valence-corrected chi connectivity index (χ2v) is 14.1. The number of hydrogen-bond acceptors (Lipinski definition) is 8. The molecule has 47 heavy (non-hydrogen) atoms. The minimum atomic E-state index is -1.21. The summed E-state index contributed by atoms with van der Waals surface area (Å²) in [6.45, 7) is 3.76. The Balaban J connectivity index is 1.51. The molecule has 254 valence electrons. The van der Waals surface area contributed by atoms with Crippen molar-refractivity contribution in [3.63, 3.8) is 0 Å². The number of thiophene rings is 1. The number of aliphatic hydroxyl groups excluding tert-OH is 1. The molecule has 4 N–H and O–H groups in total. The molecule has 0 saturated carbocycles. The molecule has 0 unspecified atom stereocenters. The van der Waals surface area contributed by atoms with E-state index in [0.717, 1.165) is 16.9 Å². The first kappa shape index (κ1) is 34.8. The largest absolute Gasteiger partial charge is 0.388 e. The summed E-state index contributed by atoms with van der Waals surface area (Å²) in [7, 11) is 0. The van der Waals surface area contributed by atoms with Crippen LogP contribution in [0, 0.1) is 5.92 Å². The molecule has 12 nitrogen and oxygen atoms in total. The van der Waals surface area contributed by atoms with Crippen molar-refractivity contribution in [2.45, 2.75) is 82.3 Å². The SMILES string of the molecule is CC(C)C[C@H]1NC(=O)[C@H]2CCCN2C(=O)[C@H](Cc2ccccc2)NC(=O)CN(C(=O)c2sccc2Cl)C[C@H]2OCC[C@H](NC1=O)[C@@H]2O. The fourth-order valence-corrected chi connectivity index (χ4v) is 7.54. The maximum atomic E-state index is 14.1. The van der Waals surface area contributed by atoms with Crippen LogP contribution >= 0.6 is 22.9 Å². The molecule has 14 heteroatoms. The second-order valence-electron chi connectivity index (χ2n) is 12.8. The van der Waals surface area contributed by atoms with Crippen molar-refractivity contribution in [1.82, 2.24) is 25.8 Å². The molecule has 0 aliphatic carbocycles. The van der Waals surface area contributed by atoms with E-state index in [1.807, 2.05) is 44.2 Å². The van der Waals surface area contributed by atoms with E-state index >= 15 is 0 Å². The van der Waals surface area contributed by atoms with Gasteiger partial charge in [0.2, 0.25) is 23.6 Å². The van der Waals surface area contributed by atoms with E-state index in [2.05, 4.69) is 16.0 Å². The zero-order valence-electron chi connectivity index (χ0n) is 26.5. The Morgan fingerprint density at radius 1 is 1.04 bits per heavy atom. The van der Waals surface area contributed by atoms with Crippen LogP contribution in [0.1, 0.15) is 54.8 Å². The van der Waals surface area contributed by atoms with E-state index < -0.39 is 72.5 Å². The summed E-state index contributed by atoms with van der Waals surface area (Å²) >= 11 is 7.43. The van der Waals surface area contributed by atoms with E-state index in [1.54, 1.807) is 11.4 Å². The van der Waals surface area contributed by atoms with Gasteiger partial charge in [-0.1, -0.05) is 55.8 Å². The number of nitrogens with one attached hydrogen (secondary N) is 3. The summed E-state index contributed by atoms with van der Waals surface area (Å²) in [4.78, 5) is 71.8. The third-order valence-corrected chi connectivity index (χ3v) is 10.1. The molecule has 1 aromatic heterocycles. The molecule has 6 atom stereocenters. The van der Waals surface area contributed by atoms with Crippen molar-refractivity contribution in [3.05, 3.63) is 57.2 Å². The fourth-order valence-electron chi connectivity index (χ4n) is 6.44. The van der Waals surface area contributed by atoms with Gasteiger partial charge in [-0.15, -0.1) is 11.3 Å². The summed E-state index contributed by atoms with van der Waals surface area (Å²) in [6, 6.07) is 7.31. The molecule has 1 aromatic carbocycles. The Bertz CT molecular complexity index is 1460. The Morgan fingerprint density at radius 2 is 1.81 bits per heavy atom. The van der Waals surface area contributed by atoms with Crippen LogP contribution in [-0.4, -0.2) is 107 Å². The summed E-state index contributed by atoms with van der Waals surface area (Å²) in [6.07, 6.45) is -0.356. The normalized spacial score (nSPS) is 27.9. The maximum absolute atomic E-state index is 14.1. The average molecular weight is 688 g/mol. The Kier molecular flexibility index (Phi) is 11.5. The van der Waals surface area contributed by atoms with Gasteiger partial charge in [-0.25, -0.2) is 0 Å². The van der Waals surface area contributed by atoms with Crippen molar-refractivity contribution >= 4 is 52.5 Å². The fraction of sp³-hybridized carbons (Fsp3) is 0.545. The number of benzene rings is 1. The molecule has 0 spiro atoms. The highest BCUT2D eigenvalue weighted by atomic mass is 35.5. The molecule has 3 aliphatic heterocycles. The lowest BCUT2D eigenvalue weighted by atomic mass is 9.97. The molecule has 0 radical (unpaired) electrons. The maximum Gasteiger partial charge on any atom is 0.266 e. The van der Waals surface area contributed by atoms with Crippen LogP contribution in [-0.2, 0) is 30.3 Å². The minimum absolute atomic E-state index is 0.0583. The summed E-state index contributed by atoms with van der Waals surface area (Å²) < 4.78 is 5.87. The monoisotopic (exact) mass is 687 g/mol. The smallest absolute Gasteiger partial charge is 0.266 e. The first-order valence-electron chi connectivity index (χ1n) is 16.1. The Labute approximate surface area is 283 Å². The van der Waals surface area contributed by atoms with Crippen LogP contribution in [0.2, 0.25) is 5.02 Å². The first-order chi connectivity index (χ1) is 22.5. The Hall–Kier alpha value is -3.52. The van der Waals surface area contributed by atoms with E-state index in [9.17, 15) is 29.1 Å². The van der Waals surface area contributed by atoms with Gasteiger partial charge in [0, 0.05) is 19.6 Å². The first-order valence-corrected chi connectivity index (χ1v) is 17.3. The van der Waals surface area contributed by atoms with E-state index in [0.29, 0.717) is 32.2 Å². The van der Waals surface area contributed by atoms with Crippen molar-refractivity contribution in [2.75, 3.05) is 26.2 Å². The van der Waals surface area contributed by atoms with Crippen LogP contribution in [0.3, 0.4) is 0 Å². The molecule has 5 amide bonds. The lowest BCUT2D eigenvalue weighted by Crippen LogP contribution is -2.60. The van der Waals surface area contributed by atoms with Crippen LogP contribution in [0.25, 0.3) is 0 Å². The minimum Gasteiger partial charge on any atom is -0.388 e. The summed E-state index contributed by atoms with van der Waals surface area (Å²) in [5, 5.41) is 21.9. The zero-order chi connectivity index (χ0) is 33.7. The number of fused-ring (bicyclic) bond motifs is 3. The molecule has 5 rings (SSSR count). The number of rotatable bonds is 5. The number of ether oxygens (including phenoxy) is 1. The topological polar surface area (TPSA) is 157 Å². The number of carbonyl (C=O) groups is 5. The number of hydrogen-bond donors (Lipinski definition) is 4. The molecule has 3 aliphatic rings. The van der Waals surface area contributed by atoms with Crippen molar-refractivity contribution in [1.29, 1.82) is 0 Å². The lowest BCUT2D eigenvalue weighted by molar-refractivity contribution is -0.142. The van der Waals surface area contributed by atoms with Gasteiger partial charge in [0.25, 0.3) is 5.91 Å². The predicted molar refractivity (Wildman–Crippen MR) is 176 cm³/mol. The molecule has 3 saturated heterocycles. The van der Waals surface area contributed by atoms with Gasteiger partial charge in [0.15, 0.2) is 0 Å². The molecule has 2 bridgehead atoms. The third-order valence-electron chi connectivity index (χ3n) is 8.81. The summed E-state index contributed by atoms with van der Waals surface area (Å²) in [5.41, 5.74) is 0.800. The van der Waals surface area contributed by atoms with Crippen LogP contribution in [0.4, 0.5) is 0 Å². The molecule has 3 fully saturated rings.